The lowest BCUT2D eigenvalue weighted by atomic mass is 10.0. The quantitative estimate of drug-likeness (QED) is 0.746. The van der Waals surface area contributed by atoms with Crippen molar-refractivity contribution in [1.29, 1.82) is 0 Å². The maximum absolute atomic E-state index is 4.60. The third kappa shape index (κ3) is 2.99. The summed E-state index contributed by atoms with van der Waals surface area (Å²) in [5.41, 5.74) is 2.29. The number of para-hydroxylation sites is 1. The van der Waals surface area contributed by atoms with Gasteiger partial charge in [-0.05, 0) is 42.8 Å². The van der Waals surface area contributed by atoms with Gasteiger partial charge in [0.25, 0.3) is 0 Å². The molecule has 0 radical (unpaired) electrons. The standard InChI is InChI=1S/C18H20N2S/c1-3-15-9-10-17(21-15)18(19-4-2)14-11-13-7-5-6-8-16(13)20-12-14/h5-12,18-19H,3-4H2,1-2H3. The van der Waals surface area contributed by atoms with Crippen LogP contribution in [0.25, 0.3) is 10.9 Å². The Kier molecular flexibility index (Phi) is 4.32. The number of nitrogens with one attached hydrogen (secondary N) is 1. The van der Waals surface area contributed by atoms with Crippen LogP contribution in [0.15, 0.2) is 48.7 Å². The minimum Gasteiger partial charge on any atom is -0.306 e. The number of hydrogen-bond donors (Lipinski definition) is 1. The smallest absolute Gasteiger partial charge is 0.0702 e. The molecule has 2 nitrogen and oxygen atoms in total. The van der Waals surface area contributed by atoms with Crippen LogP contribution in [0, 0.1) is 0 Å². The van der Waals surface area contributed by atoms with Crippen molar-refractivity contribution in [3.63, 3.8) is 0 Å². The number of aromatic nitrogens is 1. The molecule has 2 aromatic heterocycles. The molecular weight excluding hydrogens is 276 g/mol. The molecule has 21 heavy (non-hydrogen) atoms. The average molecular weight is 296 g/mol. The summed E-state index contributed by atoms with van der Waals surface area (Å²) in [6, 6.07) is 15.2. The highest BCUT2D eigenvalue weighted by Crippen LogP contribution is 2.29. The summed E-state index contributed by atoms with van der Waals surface area (Å²) in [7, 11) is 0. The maximum atomic E-state index is 4.60. The van der Waals surface area contributed by atoms with Gasteiger partial charge in [0.15, 0.2) is 0 Å². The number of benzene rings is 1. The van der Waals surface area contributed by atoms with Gasteiger partial charge in [0.2, 0.25) is 0 Å². The molecule has 1 N–H and O–H groups in total. The number of rotatable bonds is 5. The van der Waals surface area contributed by atoms with Crippen molar-refractivity contribution in [2.24, 2.45) is 0 Å². The van der Waals surface area contributed by atoms with Gasteiger partial charge in [0, 0.05) is 21.3 Å². The lowest BCUT2D eigenvalue weighted by molar-refractivity contribution is 0.638. The Hall–Kier alpha value is -1.71. The molecule has 0 bridgehead atoms. The second-order valence-electron chi connectivity index (χ2n) is 5.11. The molecule has 0 saturated heterocycles. The van der Waals surface area contributed by atoms with Crippen LogP contribution in [0.5, 0.6) is 0 Å². The van der Waals surface area contributed by atoms with Gasteiger partial charge in [-0.25, -0.2) is 0 Å². The number of nitrogens with zero attached hydrogens (tertiary/aromatic N) is 1. The lowest BCUT2D eigenvalue weighted by Gasteiger charge is -2.17. The van der Waals surface area contributed by atoms with Crippen LogP contribution in [0.4, 0.5) is 0 Å². The molecule has 1 atom stereocenters. The van der Waals surface area contributed by atoms with Gasteiger partial charge in [-0.2, -0.15) is 0 Å². The Bertz CT molecular complexity index is 733. The SMILES string of the molecule is CCNC(c1cnc2ccccc2c1)c1ccc(CC)s1. The molecule has 0 aliphatic rings. The first kappa shape index (κ1) is 14.2. The highest BCUT2D eigenvalue weighted by atomic mass is 32.1. The molecule has 0 fully saturated rings. The molecule has 1 unspecified atom stereocenters. The third-order valence-electron chi connectivity index (χ3n) is 3.67. The van der Waals surface area contributed by atoms with E-state index in [2.05, 4.69) is 60.5 Å². The van der Waals surface area contributed by atoms with E-state index in [-0.39, 0.29) is 6.04 Å². The normalized spacial score (nSPS) is 12.7. The second-order valence-corrected chi connectivity index (χ2v) is 6.31. The predicted octanol–water partition coefficient (Wildman–Crippen LogP) is 4.56. The Labute approximate surface area is 129 Å². The topological polar surface area (TPSA) is 24.9 Å². The molecule has 0 aliphatic carbocycles. The van der Waals surface area contributed by atoms with Crippen molar-refractivity contribution >= 4 is 22.2 Å². The van der Waals surface area contributed by atoms with Gasteiger partial charge in [0.05, 0.1) is 11.6 Å². The Morgan fingerprint density at radius 2 is 2.00 bits per heavy atom. The number of thiophene rings is 1. The Balaban J connectivity index is 2.01. The molecule has 3 rings (SSSR count). The van der Waals surface area contributed by atoms with Crippen molar-refractivity contribution in [2.45, 2.75) is 26.3 Å². The zero-order valence-electron chi connectivity index (χ0n) is 12.5. The van der Waals surface area contributed by atoms with E-state index >= 15 is 0 Å². The largest absolute Gasteiger partial charge is 0.306 e. The molecule has 3 aromatic rings. The van der Waals surface area contributed by atoms with Crippen molar-refractivity contribution in [3.05, 3.63) is 64.0 Å². The van der Waals surface area contributed by atoms with Gasteiger partial charge in [0.1, 0.15) is 0 Å². The highest BCUT2D eigenvalue weighted by Gasteiger charge is 2.16. The van der Waals surface area contributed by atoms with Crippen molar-refractivity contribution in [3.8, 4) is 0 Å². The molecular formula is C18H20N2S. The fraction of sp³-hybridized carbons (Fsp3) is 0.278. The number of hydrogen-bond acceptors (Lipinski definition) is 3. The zero-order valence-corrected chi connectivity index (χ0v) is 13.3. The molecule has 0 aliphatic heterocycles. The van der Waals surface area contributed by atoms with Gasteiger partial charge in [-0.1, -0.05) is 32.0 Å². The summed E-state index contributed by atoms with van der Waals surface area (Å²) >= 11 is 1.89. The summed E-state index contributed by atoms with van der Waals surface area (Å²) in [6.45, 7) is 5.29. The maximum Gasteiger partial charge on any atom is 0.0702 e. The third-order valence-corrected chi connectivity index (χ3v) is 4.96. The lowest BCUT2D eigenvalue weighted by Crippen LogP contribution is -2.21. The second kappa shape index (κ2) is 6.37. The van der Waals surface area contributed by atoms with Crippen LogP contribution in [-0.4, -0.2) is 11.5 Å². The Morgan fingerprint density at radius 1 is 1.14 bits per heavy atom. The van der Waals surface area contributed by atoms with E-state index in [4.69, 9.17) is 0 Å². The van der Waals surface area contributed by atoms with E-state index in [9.17, 15) is 0 Å². The van der Waals surface area contributed by atoms with Crippen LogP contribution >= 0.6 is 11.3 Å². The zero-order chi connectivity index (χ0) is 14.7. The van der Waals surface area contributed by atoms with Crippen LogP contribution in [0.1, 0.15) is 35.2 Å². The Morgan fingerprint density at radius 3 is 2.76 bits per heavy atom. The summed E-state index contributed by atoms with van der Waals surface area (Å²) in [4.78, 5) is 7.40. The van der Waals surface area contributed by atoms with E-state index in [0.717, 1.165) is 18.5 Å². The van der Waals surface area contributed by atoms with Crippen LogP contribution in [0.2, 0.25) is 0 Å². The first-order valence-corrected chi connectivity index (χ1v) is 8.30. The average Bonchev–Trinajstić information content (AvgIpc) is 3.01. The van der Waals surface area contributed by atoms with E-state index < -0.39 is 0 Å². The van der Waals surface area contributed by atoms with E-state index in [1.165, 1.54) is 20.7 Å². The van der Waals surface area contributed by atoms with Crippen molar-refractivity contribution < 1.29 is 0 Å². The van der Waals surface area contributed by atoms with Gasteiger partial charge in [-0.3, -0.25) is 4.98 Å². The molecule has 108 valence electrons. The fourth-order valence-corrected chi connectivity index (χ4v) is 3.63. The highest BCUT2D eigenvalue weighted by molar-refractivity contribution is 7.12. The summed E-state index contributed by atoms with van der Waals surface area (Å²) in [6.07, 6.45) is 3.10. The molecule has 0 saturated carbocycles. The van der Waals surface area contributed by atoms with E-state index in [1.807, 2.05) is 23.6 Å². The molecule has 1 aromatic carbocycles. The predicted molar refractivity (Wildman–Crippen MR) is 91.0 cm³/mol. The monoisotopic (exact) mass is 296 g/mol. The van der Waals surface area contributed by atoms with Crippen LogP contribution in [0.3, 0.4) is 0 Å². The van der Waals surface area contributed by atoms with E-state index in [1.54, 1.807) is 0 Å². The summed E-state index contributed by atoms with van der Waals surface area (Å²) < 4.78 is 0. The van der Waals surface area contributed by atoms with Crippen LogP contribution < -0.4 is 5.32 Å². The first-order chi connectivity index (χ1) is 10.3. The minimum absolute atomic E-state index is 0.234. The molecule has 2 heterocycles. The fourth-order valence-electron chi connectivity index (χ4n) is 2.57. The number of aryl methyl sites for hydroxylation is 1. The first-order valence-electron chi connectivity index (χ1n) is 7.48. The minimum atomic E-state index is 0.234. The van der Waals surface area contributed by atoms with E-state index in [0.29, 0.717) is 0 Å². The van der Waals surface area contributed by atoms with Crippen molar-refractivity contribution in [1.82, 2.24) is 10.3 Å². The van der Waals surface area contributed by atoms with Gasteiger partial charge < -0.3 is 5.32 Å². The molecule has 0 spiro atoms. The summed E-state index contributed by atoms with van der Waals surface area (Å²) in [5.74, 6) is 0. The number of pyridine rings is 1. The van der Waals surface area contributed by atoms with Crippen molar-refractivity contribution in [2.75, 3.05) is 6.54 Å². The van der Waals surface area contributed by atoms with Crippen LogP contribution in [-0.2, 0) is 6.42 Å². The summed E-state index contributed by atoms with van der Waals surface area (Å²) in [5, 5.41) is 4.79. The van der Waals surface area contributed by atoms with Gasteiger partial charge in [-0.15, -0.1) is 11.3 Å². The van der Waals surface area contributed by atoms with Gasteiger partial charge >= 0.3 is 0 Å². The molecule has 3 heteroatoms. The molecule has 0 amide bonds. The number of fused-ring (bicyclic) bond motifs is 1.